The fraction of sp³-hybridized carbons (Fsp3) is 1.00. The first-order valence-electron chi connectivity index (χ1n) is 8.08. The Morgan fingerprint density at radius 1 is 1.16 bits per heavy atom. The minimum atomic E-state index is 0.457. The maximum absolute atomic E-state index is 3.57. The highest BCUT2D eigenvalue weighted by Gasteiger charge is 2.33. The molecular weight excluding hydrogens is 234 g/mol. The zero-order valence-electron chi connectivity index (χ0n) is 13.4. The standard InChI is InChI=1S/C16H33N3/c1-16(2,14-6-5-9-17-12-14)13-19-10-7-15(8-11-19)18(3)4/h14-15,17H,5-13H2,1-4H3. The summed E-state index contributed by atoms with van der Waals surface area (Å²) in [7, 11) is 4.44. The molecule has 0 aliphatic carbocycles. The third kappa shape index (κ3) is 4.17. The van der Waals surface area contributed by atoms with Crippen LogP contribution in [-0.4, -0.2) is 62.7 Å². The van der Waals surface area contributed by atoms with Crippen molar-refractivity contribution in [1.82, 2.24) is 15.1 Å². The molecule has 3 nitrogen and oxygen atoms in total. The van der Waals surface area contributed by atoms with Crippen LogP contribution in [0.15, 0.2) is 0 Å². The van der Waals surface area contributed by atoms with E-state index in [1.54, 1.807) is 0 Å². The molecule has 2 rings (SSSR count). The van der Waals surface area contributed by atoms with E-state index in [0.29, 0.717) is 5.41 Å². The summed E-state index contributed by atoms with van der Waals surface area (Å²) >= 11 is 0. The van der Waals surface area contributed by atoms with E-state index in [9.17, 15) is 0 Å². The zero-order valence-corrected chi connectivity index (χ0v) is 13.4. The Balaban J connectivity index is 1.80. The number of nitrogens with zero attached hydrogens (tertiary/aromatic N) is 2. The number of piperidine rings is 2. The van der Waals surface area contributed by atoms with Crippen molar-refractivity contribution in [2.45, 2.75) is 45.6 Å². The normalized spacial score (nSPS) is 27.9. The molecule has 0 spiro atoms. The van der Waals surface area contributed by atoms with Crippen LogP contribution in [0.3, 0.4) is 0 Å². The highest BCUT2D eigenvalue weighted by Crippen LogP contribution is 2.33. The molecule has 19 heavy (non-hydrogen) atoms. The summed E-state index contributed by atoms with van der Waals surface area (Å²) in [5, 5.41) is 3.57. The lowest BCUT2D eigenvalue weighted by Gasteiger charge is -2.43. The molecule has 3 heteroatoms. The Morgan fingerprint density at radius 2 is 1.84 bits per heavy atom. The van der Waals surface area contributed by atoms with Gasteiger partial charge in [-0.25, -0.2) is 0 Å². The minimum absolute atomic E-state index is 0.457. The average molecular weight is 267 g/mol. The Morgan fingerprint density at radius 3 is 2.37 bits per heavy atom. The van der Waals surface area contributed by atoms with E-state index in [0.717, 1.165) is 12.0 Å². The van der Waals surface area contributed by atoms with Crippen LogP contribution in [-0.2, 0) is 0 Å². The molecule has 0 aromatic rings. The summed E-state index contributed by atoms with van der Waals surface area (Å²) in [5.41, 5.74) is 0.457. The van der Waals surface area contributed by atoms with Gasteiger partial charge in [-0.2, -0.15) is 0 Å². The van der Waals surface area contributed by atoms with Gasteiger partial charge in [0.25, 0.3) is 0 Å². The summed E-state index contributed by atoms with van der Waals surface area (Å²) in [5.74, 6) is 0.854. The van der Waals surface area contributed by atoms with Crippen molar-refractivity contribution in [3.8, 4) is 0 Å². The largest absolute Gasteiger partial charge is 0.316 e. The van der Waals surface area contributed by atoms with Crippen LogP contribution in [0.2, 0.25) is 0 Å². The molecule has 112 valence electrons. The van der Waals surface area contributed by atoms with Gasteiger partial charge >= 0.3 is 0 Å². The Kier molecular flexibility index (Phi) is 5.27. The minimum Gasteiger partial charge on any atom is -0.316 e. The summed E-state index contributed by atoms with van der Waals surface area (Å²) < 4.78 is 0. The van der Waals surface area contributed by atoms with Crippen molar-refractivity contribution in [2.24, 2.45) is 11.3 Å². The molecule has 1 unspecified atom stereocenters. The number of likely N-dealkylation sites (tertiary alicyclic amines) is 1. The molecule has 2 aliphatic heterocycles. The van der Waals surface area contributed by atoms with Gasteiger partial charge in [0, 0.05) is 12.6 Å². The van der Waals surface area contributed by atoms with Crippen LogP contribution in [0.5, 0.6) is 0 Å². The summed E-state index contributed by atoms with van der Waals surface area (Å²) in [6.45, 7) is 11.2. The Bertz CT molecular complexity index is 261. The predicted octanol–water partition coefficient (Wildman–Crippen LogP) is 2.04. The molecule has 2 heterocycles. The molecule has 2 fully saturated rings. The van der Waals surface area contributed by atoms with E-state index >= 15 is 0 Å². The number of hydrogen-bond donors (Lipinski definition) is 1. The number of nitrogens with one attached hydrogen (secondary N) is 1. The van der Waals surface area contributed by atoms with Gasteiger partial charge < -0.3 is 15.1 Å². The van der Waals surface area contributed by atoms with Gasteiger partial charge in [0.1, 0.15) is 0 Å². The molecule has 2 aliphatic rings. The molecule has 0 saturated carbocycles. The summed E-state index contributed by atoms with van der Waals surface area (Å²) in [6, 6.07) is 0.802. The molecule has 0 amide bonds. The van der Waals surface area contributed by atoms with Crippen LogP contribution < -0.4 is 5.32 Å². The van der Waals surface area contributed by atoms with Crippen LogP contribution in [0.1, 0.15) is 39.5 Å². The van der Waals surface area contributed by atoms with Gasteiger partial charge in [0.2, 0.25) is 0 Å². The van der Waals surface area contributed by atoms with Crippen molar-refractivity contribution in [2.75, 3.05) is 46.8 Å². The fourth-order valence-corrected chi connectivity index (χ4v) is 3.82. The van der Waals surface area contributed by atoms with Crippen LogP contribution in [0, 0.1) is 11.3 Å². The van der Waals surface area contributed by atoms with Gasteiger partial charge in [0.05, 0.1) is 0 Å². The average Bonchev–Trinajstić information content (AvgIpc) is 2.40. The topological polar surface area (TPSA) is 18.5 Å². The lowest BCUT2D eigenvalue weighted by molar-refractivity contribution is 0.0689. The van der Waals surface area contributed by atoms with E-state index in [2.05, 4.69) is 43.1 Å². The first-order chi connectivity index (χ1) is 8.99. The second-order valence-electron chi connectivity index (χ2n) is 7.50. The molecule has 2 saturated heterocycles. The van der Waals surface area contributed by atoms with E-state index in [1.807, 2.05) is 0 Å². The van der Waals surface area contributed by atoms with E-state index in [4.69, 9.17) is 0 Å². The van der Waals surface area contributed by atoms with Crippen LogP contribution >= 0.6 is 0 Å². The van der Waals surface area contributed by atoms with Crippen molar-refractivity contribution in [1.29, 1.82) is 0 Å². The van der Waals surface area contributed by atoms with Gasteiger partial charge in [0.15, 0.2) is 0 Å². The smallest absolute Gasteiger partial charge is 0.0113 e. The Labute approximate surface area is 119 Å². The number of rotatable bonds is 4. The van der Waals surface area contributed by atoms with Gasteiger partial charge in [-0.1, -0.05) is 13.8 Å². The molecular formula is C16H33N3. The summed E-state index contributed by atoms with van der Waals surface area (Å²) in [6.07, 6.45) is 5.45. The van der Waals surface area contributed by atoms with E-state index in [-0.39, 0.29) is 0 Å². The monoisotopic (exact) mass is 267 g/mol. The highest BCUT2D eigenvalue weighted by molar-refractivity contribution is 4.87. The van der Waals surface area contributed by atoms with Gasteiger partial charge in [-0.3, -0.25) is 0 Å². The van der Waals surface area contributed by atoms with Gasteiger partial charge in [-0.05, 0) is 77.3 Å². The highest BCUT2D eigenvalue weighted by atomic mass is 15.2. The van der Waals surface area contributed by atoms with Crippen molar-refractivity contribution in [3.05, 3.63) is 0 Å². The van der Waals surface area contributed by atoms with Crippen molar-refractivity contribution >= 4 is 0 Å². The zero-order chi connectivity index (χ0) is 13.9. The molecule has 0 bridgehead atoms. The maximum Gasteiger partial charge on any atom is 0.0113 e. The third-order valence-electron chi connectivity index (χ3n) is 5.32. The molecule has 0 aromatic carbocycles. The van der Waals surface area contributed by atoms with Gasteiger partial charge in [-0.15, -0.1) is 0 Å². The quantitative estimate of drug-likeness (QED) is 0.841. The van der Waals surface area contributed by atoms with Crippen LogP contribution in [0.4, 0.5) is 0 Å². The predicted molar refractivity (Wildman–Crippen MR) is 82.5 cm³/mol. The molecule has 0 aromatic heterocycles. The molecule has 1 N–H and O–H groups in total. The van der Waals surface area contributed by atoms with E-state index in [1.165, 1.54) is 58.4 Å². The first kappa shape index (κ1) is 15.3. The molecule has 1 atom stereocenters. The summed E-state index contributed by atoms with van der Waals surface area (Å²) in [4.78, 5) is 5.10. The lowest BCUT2D eigenvalue weighted by Crippen LogP contribution is -2.48. The second-order valence-corrected chi connectivity index (χ2v) is 7.50. The van der Waals surface area contributed by atoms with E-state index < -0.39 is 0 Å². The second kappa shape index (κ2) is 6.55. The third-order valence-corrected chi connectivity index (χ3v) is 5.32. The fourth-order valence-electron chi connectivity index (χ4n) is 3.82. The number of hydrogen-bond acceptors (Lipinski definition) is 3. The lowest BCUT2D eigenvalue weighted by atomic mass is 9.74. The molecule has 0 radical (unpaired) electrons. The SMILES string of the molecule is CN(C)C1CCN(CC(C)(C)C2CCCNC2)CC1. The Hall–Kier alpha value is -0.120. The van der Waals surface area contributed by atoms with Crippen molar-refractivity contribution in [3.63, 3.8) is 0 Å². The first-order valence-corrected chi connectivity index (χ1v) is 8.08. The van der Waals surface area contributed by atoms with Crippen molar-refractivity contribution < 1.29 is 0 Å². The maximum atomic E-state index is 3.57. The van der Waals surface area contributed by atoms with Crippen LogP contribution in [0.25, 0.3) is 0 Å².